The van der Waals surface area contributed by atoms with Crippen LogP contribution in [0, 0.1) is 0 Å². The number of thioether (sulfide) groups is 1. The van der Waals surface area contributed by atoms with Crippen LogP contribution in [0.25, 0.3) is 10.2 Å². The predicted molar refractivity (Wildman–Crippen MR) is 85.3 cm³/mol. The molecule has 0 aliphatic heterocycles. The lowest BCUT2D eigenvalue weighted by Gasteiger charge is -2.24. The minimum atomic E-state index is -1.02. The van der Waals surface area contributed by atoms with Gasteiger partial charge in [-0.25, -0.2) is 4.98 Å². The summed E-state index contributed by atoms with van der Waals surface area (Å²) in [7, 11) is 0. The fraction of sp³-hybridized carbons (Fsp3) is 0.385. The van der Waals surface area contributed by atoms with Crippen LogP contribution in [0.1, 0.15) is 13.8 Å². The molecular formula is C13H14BrNO3S2. The molecule has 108 valence electrons. The number of aliphatic hydroxyl groups excluding tert-OH is 1. The van der Waals surface area contributed by atoms with E-state index in [9.17, 15) is 9.90 Å². The summed E-state index contributed by atoms with van der Waals surface area (Å²) in [5.74, 6) is -0.410. The maximum atomic E-state index is 12.0. The van der Waals surface area contributed by atoms with Gasteiger partial charge in [-0.1, -0.05) is 0 Å². The predicted octanol–water partition coefficient (Wildman–Crippen LogP) is 3.47. The van der Waals surface area contributed by atoms with Crippen molar-refractivity contribution in [3.8, 4) is 0 Å². The van der Waals surface area contributed by atoms with E-state index in [1.54, 1.807) is 20.0 Å². The van der Waals surface area contributed by atoms with Gasteiger partial charge in [0.05, 0.1) is 17.0 Å². The van der Waals surface area contributed by atoms with Gasteiger partial charge in [0, 0.05) is 16.5 Å². The molecule has 0 aliphatic rings. The lowest BCUT2D eigenvalue weighted by molar-refractivity contribution is -0.146. The van der Waals surface area contributed by atoms with Crippen molar-refractivity contribution in [2.75, 3.05) is 13.2 Å². The van der Waals surface area contributed by atoms with Gasteiger partial charge in [0.25, 0.3) is 0 Å². The fourth-order valence-electron chi connectivity index (χ4n) is 1.64. The second-order valence-electron chi connectivity index (χ2n) is 4.29. The Balaban J connectivity index is 2.36. The number of halogens is 1. The molecule has 2 aromatic rings. The van der Waals surface area contributed by atoms with E-state index in [-0.39, 0.29) is 6.61 Å². The Morgan fingerprint density at radius 3 is 3.05 bits per heavy atom. The maximum absolute atomic E-state index is 12.0. The molecule has 0 aliphatic carbocycles. The van der Waals surface area contributed by atoms with Crippen LogP contribution in [-0.4, -0.2) is 34.0 Å². The molecule has 2 aromatic heterocycles. The summed E-state index contributed by atoms with van der Waals surface area (Å²) in [5.41, 5.74) is 0. The highest BCUT2D eigenvalue weighted by molar-refractivity contribution is 9.11. The van der Waals surface area contributed by atoms with E-state index >= 15 is 0 Å². The number of esters is 1. The first-order valence-corrected chi connectivity index (χ1v) is 8.44. The first-order valence-electron chi connectivity index (χ1n) is 6.01. The summed E-state index contributed by atoms with van der Waals surface area (Å²) in [6, 6.07) is 3.82. The van der Waals surface area contributed by atoms with Gasteiger partial charge in [0.15, 0.2) is 0 Å². The van der Waals surface area contributed by atoms with E-state index in [0.717, 1.165) is 18.9 Å². The number of ether oxygens (including phenoxy) is 1. The van der Waals surface area contributed by atoms with Gasteiger partial charge in [-0.15, -0.1) is 23.1 Å². The molecule has 1 unspecified atom stereocenters. The van der Waals surface area contributed by atoms with E-state index in [2.05, 4.69) is 20.9 Å². The number of thiophene rings is 1. The lowest BCUT2D eigenvalue weighted by atomic mass is 10.2. The number of carbonyl (C=O) groups is 1. The molecule has 1 atom stereocenters. The monoisotopic (exact) mass is 375 g/mol. The third-order valence-electron chi connectivity index (χ3n) is 2.71. The molecule has 1 N–H and O–H groups in total. The third-order valence-corrected chi connectivity index (χ3v) is 5.58. The largest absolute Gasteiger partial charge is 0.465 e. The van der Waals surface area contributed by atoms with Crippen LogP contribution in [0.2, 0.25) is 0 Å². The van der Waals surface area contributed by atoms with Gasteiger partial charge >= 0.3 is 5.97 Å². The molecule has 0 radical (unpaired) electrons. The molecule has 0 saturated heterocycles. The zero-order valence-electron chi connectivity index (χ0n) is 11.1. The summed E-state index contributed by atoms with van der Waals surface area (Å²) >= 11 is 6.27. The second kappa shape index (κ2) is 6.43. The minimum absolute atomic E-state index is 0.286. The highest BCUT2D eigenvalue weighted by atomic mass is 79.9. The molecule has 0 bridgehead atoms. The Morgan fingerprint density at radius 2 is 2.40 bits per heavy atom. The zero-order valence-corrected chi connectivity index (χ0v) is 14.3. The van der Waals surface area contributed by atoms with Crippen LogP contribution >= 0.6 is 39.0 Å². The van der Waals surface area contributed by atoms with Gasteiger partial charge in [-0.3, -0.25) is 4.79 Å². The Labute approximate surface area is 133 Å². The van der Waals surface area contributed by atoms with Gasteiger partial charge in [-0.05, 0) is 41.9 Å². The molecule has 0 amide bonds. The molecule has 0 saturated carbocycles. The Morgan fingerprint density at radius 1 is 1.65 bits per heavy atom. The molecular weight excluding hydrogens is 362 g/mol. The van der Waals surface area contributed by atoms with Gasteiger partial charge < -0.3 is 9.84 Å². The molecule has 4 nitrogen and oxygen atoms in total. The Bertz CT molecular complexity index is 631. The van der Waals surface area contributed by atoms with Crippen molar-refractivity contribution in [2.45, 2.75) is 23.5 Å². The molecule has 0 spiro atoms. The minimum Gasteiger partial charge on any atom is -0.465 e. The van der Waals surface area contributed by atoms with E-state index in [1.165, 1.54) is 23.1 Å². The summed E-state index contributed by atoms with van der Waals surface area (Å²) in [6.45, 7) is 3.45. The number of rotatable bonds is 5. The van der Waals surface area contributed by atoms with E-state index < -0.39 is 10.7 Å². The average Bonchev–Trinajstić information content (AvgIpc) is 2.80. The summed E-state index contributed by atoms with van der Waals surface area (Å²) in [5, 5.41) is 10.5. The quantitative estimate of drug-likeness (QED) is 0.640. The van der Waals surface area contributed by atoms with Crippen LogP contribution < -0.4 is 0 Å². The fourth-order valence-corrected chi connectivity index (χ4v) is 4.23. The lowest BCUT2D eigenvalue weighted by Crippen LogP contribution is -2.37. The normalized spacial score (nSPS) is 14.2. The van der Waals surface area contributed by atoms with Crippen molar-refractivity contribution in [1.29, 1.82) is 0 Å². The smallest absolute Gasteiger partial charge is 0.324 e. The summed E-state index contributed by atoms with van der Waals surface area (Å²) in [4.78, 5) is 18.1. The summed E-state index contributed by atoms with van der Waals surface area (Å²) in [6.07, 6.45) is 1.70. The number of aliphatic hydroxyl groups is 1. The van der Waals surface area contributed by atoms with Crippen LogP contribution in [-0.2, 0) is 9.53 Å². The zero-order chi connectivity index (χ0) is 14.8. The third kappa shape index (κ3) is 3.16. The van der Waals surface area contributed by atoms with Crippen LogP contribution in [0.15, 0.2) is 27.0 Å². The first-order chi connectivity index (χ1) is 9.50. The van der Waals surface area contributed by atoms with Crippen LogP contribution in [0.5, 0.6) is 0 Å². The Hall–Kier alpha value is -0.630. The molecule has 2 heterocycles. The van der Waals surface area contributed by atoms with Crippen molar-refractivity contribution < 1.29 is 14.6 Å². The van der Waals surface area contributed by atoms with Gasteiger partial charge in [0.2, 0.25) is 0 Å². The first kappa shape index (κ1) is 15.8. The highest BCUT2D eigenvalue weighted by Gasteiger charge is 2.36. The molecule has 0 aromatic carbocycles. The number of carbonyl (C=O) groups excluding carboxylic acids is 1. The topological polar surface area (TPSA) is 59.4 Å². The number of nitrogens with zero attached hydrogens (tertiary/aromatic N) is 1. The van der Waals surface area contributed by atoms with E-state index in [1.807, 2.05) is 12.1 Å². The van der Waals surface area contributed by atoms with Crippen LogP contribution in [0.3, 0.4) is 0 Å². The van der Waals surface area contributed by atoms with Crippen molar-refractivity contribution in [3.63, 3.8) is 0 Å². The SMILES string of the molecule is CCOC(=O)C(C)(CO)Sc1ccnc2sc(Br)cc12. The number of aromatic nitrogens is 1. The standard InChI is InChI=1S/C13H14BrNO3S2/c1-3-18-12(17)13(2,7-16)20-9-4-5-15-11-8(9)6-10(14)19-11/h4-6,16H,3,7H2,1-2H3. The number of fused-ring (bicyclic) bond motifs is 1. The van der Waals surface area contributed by atoms with Crippen LogP contribution in [0.4, 0.5) is 0 Å². The highest BCUT2D eigenvalue weighted by Crippen LogP contribution is 2.40. The molecule has 0 fully saturated rings. The van der Waals surface area contributed by atoms with Crippen molar-refractivity contribution in [1.82, 2.24) is 4.98 Å². The van der Waals surface area contributed by atoms with Crippen molar-refractivity contribution in [3.05, 3.63) is 22.1 Å². The molecule has 2 rings (SSSR count). The second-order valence-corrected chi connectivity index (χ2v) is 8.24. The van der Waals surface area contributed by atoms with Gasteiger partial charge in [-0.2, -0.15) is 0 Å². The molecule has 7 heteroatoms. The number of pyridine rings is 1. The average molecular weight is 376 g/mol. The van der Waals surface area contributed by atoms with Crippen molar-refractivity contribution >= 4 is 55.2 Å². The van der Waals surface area contributed by atoms with E-state index in [4.69, 9.17) is 4.74 Å². The maximum Gasteiger partial charge on any atom is 0.324 e. The van der Waals surface area contributed by atoms with E-state index in [0.29, 0.717) is 6.61 Å². The van der Waals surface area contributed by atoms with Crippen molar-refractivity contribution in [2.24, 2.45) is 0 Å². The molecule has 20 heavy (non-hydrogen) atoms. The number of hydrogen-bond acceptors (Lipinski definition) is 6. The summed E-state index contributed by atoms with van der Waals surface area (Å²) < 4.78 is 5.01. The Kier molecular flexibility index (Phi) is 5.06. The van der Waals surface area contributed by atoms with Gasteiger partial charge in [0.1, 0.15) is 9.58 Å². The number of hydrogen-bond donors (Lipinski definition) is 1.